The molecule has 2 aromatic carbocycles. The molecule has 1 amide bonds. The first kappa shape index (κ1) is 23.7. The second-order valence-corrected chi connectivity index (χ2v) is 9.22. The Bertz CT molecular complexity index is 1430. The average Bonchev–Trinajstić information content (AvgIpc) is 3.14. The normalized spacial score (nSPS) is 15.7. The van der Waals surface area contributed by atoms with E-state index in [-0.39, 0.29) is 11.5 Å². The van der Waals surface area contributed by atoms with E-state index in [1.807, 2.05) is 82.3 Å². The first-order valence-corrected chi connectivity index (χ1v) is 12.2. The summed E-state index contributed by atoms with van der Waals surface area (Å²) in [6.45, 7) is 8.92. The van der Waals surface area contributed by atoms with Crippen molar-refractivity contribution in [2.75, 3.05) is 20.2 Å². The summed E-state index contributed by atoms with van der Waals surface area (Å²) in [5, 5.41) is 0. The Hall–Kier alpha value is -3.45. The molecular weight excluding hydrogens is 446 g/mol. The third kappa shape index (κ3) is 4.23. The van der Waals surface area contributed by atoms with E-state index in [0.717, 1.165) is 16.7 Å². The third-order valence-corrected chi connectivity index (χ3v) is 7.09. The number of methoxy groups -OCH3 is 1. The second kappa shape index (κ2) is 9.81. The van der Waals surface area contributed by atoms with E-state index in [4.69, 9.17) is 9.73 Å². The number of hydrogen-bond donors (Lipinski definition) is 0. The number of allylic oxidation sites excluding steroid dienone is 1. The topological polar surface area (TPSA) is 63.9 Å². The molecule has 1 aliphatic heterocycles. The van der Waals surface area contributed by atoms with Crippen LogP contribution in [0.25, 0.3) is 6.08 Å². The fourth-order valence-corrected chi connectivity index (χ4v) is 5.32. The maximum atomic E-state index is 13.7. The van der Waals surface area contributed by atoms with E-state index in [1.54, 1.807) is 16.6 Å². The number of aromatic nitrogens is 1. The van der Waals surface area contributed by atoms with E-state index in [1.165, 1.54) is 11.3 Å². The molecule has 34 heavy (non-hydrogen) atoms. The molecular formula is C27H29N3O3S. The maximum Gasteiger partial charge on any atom is 0.271 e. The van der Waals surface area contributed by atoms with Gasteiger partial charge in [-0.15, -0.1) is 0 Å². The number of amides is 1. The predicted molar refractivity (Wildman–Crippen MR) is 136 cm³/mol. The molecule has 0 bridgehead atoms. The summed E-state index contributed by atoms with van der Waals surface area (Å²) >= 11 is 1.34. The Kier molecular flexibility index (Phi) is 6.84. The number of hydrogen-bond acceptors (Lipinski definition) is 5. The molecule has 1 aromatic heterocycles. The Labute approximate surface area is 203 Å². The van der Waals surface area contributed by atoms with Gasteiger partial charge in [-0.2, -0.15) is 0 Å². The molecule has 1 aliphatic rings. The van der Waals surface area contributed by atoms with Gasteiger partial charge < -0.3 is 9.64 Å². The first-order valence-electron chi connectivity index (χ1n) is 11.4. The van der Waals surface area contributed by atoms with Gasteiger partial charge in [0.2, 0.25) is 0 Å². The Morgan fingerprint density at radius 2 is 1.79 bits per heavy atom. The van der Waals surface area contributed by atoms with Crippen molar-refractivity contribution >= 4 is 23.3 Å². The van der Waals surface area contributed by atoms with Crippen LogP contribution in [0.15, 0.2) is 69.6 Å². The van der Waals surface area contributed by atoms with E-state index in [0.29, 0.717) is 39.4 Å². The molecule has 176 valence electrons. The van der Waals surface area contributed by atoms with E-state index in [2.05, 4.69) is 0 Å². The summed E-state index contributed by atoms with van der Waals surface area (Å²) in [7, 11) is 1.60. The lowest BCUT2D eigenvalue weighted by Crippen LogP contribution is -2.43. The summed E-state index contributed by atoms with van der Waals surface area (Å²) in [4.78, 5) is 34.5. The van der Waals surface area contributed by atoms with Crippen LogP contribution >= 0.6 is 11.3 Å². The van der Waals surface area contributed by atoms with Gasteiger partial charge in [-0.05, 0) is 45.4 Å². The van der Waals surface area contributed by atoms with Crippen molar-refractivity contribution in [3.8, 4) is 5.75 Å². The lowest BCUT2D eigenvalue weighted by atomic mass is 9.94. The van der Waals surface area contributed by atoms with Crippen molar-refractivity contribution < 1.29 is 9.53 Å². The fourth-order valence-electron chi connectivity index (χ4n) is 4.28. The zero-order valence-electron chi connectivity index (χ0n) is 20.2. The number of ether oxygens (including phenoxy) is 1. The number of para-hydroxylation sites is 1. The van der Waals surface area contributed by atoms with Crippen LogP contribution in [-0.4, -0.2) is 35.6 Å². The number of aryl methyl sites for hydroxylation is 1. The van der Waals surface area contributed by atoms with E-state index in [9.17, 15) is 9.59 Å². The van der Waals surface area contributed by atoms with Crippen molar-refractivity contribution in [3.05, 3.63) is 96.2 Å². The molecule has 0 spiro atoms. The van der Waals surface area contributed by atoms with Gasteiger partial charge in [-0.3, -0.25) is 14.2 Å². The number of benzene rings is 2. The number of carbonyl (C=O) groups is 1. The number of thiazole rings is 1. The molecule has 0 saturated carbocycles. The van der Waals surface area contributed by atoms with Gasteiger partial charge in [0, 0.05) is 18.7 Å². The number of likely N-dealkylation sites (N-methyl/N-ethyl adjacent to an activating group) is 1. The van der Waals surface area contributed by atoms with Crippen molar-refractivity contribution in [2.45, 2.75) is 33.7 Å². The highest BCUT2D eigenvalue weighted by molar-refractivity contribution is 7.07. The van der Waals surface area contributed by atoms with Crippen molar-refractivity contribution in [1.82, 2.24) is 9.47 Å². The molecule has 3 aromatic rings. The zero-order valence-corrected chi connectivity index (χ0v) is 21.0. The molecule has 7 heteroatoms. The van der Waals surface area contributed by atoms with Gasteiger partial charge >= 0.3 is 0 Å². The summed E-state index contributed by atoms with van der Waals surface area (Å²) in [5.41, 5.74) is 3.82. The van der Waals surface area contributed by atoms with Gasteiger partial charge in [0.15, 0.2) is 4.80 Å². The molecule has 0 aliphatic carbocycles. The minimum atomic E-state index is -0.624. The van der Waals surface area contributed by atoms with Crippen LogP contribution in [-0.2, 0) is 4.79 Å². The van der Waals surface area contributed by atoms with Crippen LogP contribution in [0.2, 0.25) is 0 Å². The van der Waals surface area contributed by atoms with Crippen molar-refractivity contribution in [1.29, 1.82) is 0 Å². The van der Waals surface area contributed by atoms with Gasteiger partial charge in [0.1, 0.15) is 11.8 Å². The van der Waals surface area contributed by atoms with Gasteiger partial charge in [-0.25, -0.2) is 4.99 Å². The molecule has 0 unspecified atom stereocenters. The lowest BCUT2D eigenvalue weighted by molar-refractivity contribution is -0.127. The molecule has 0 fully saturated rings. The smallest absolute Gasteiger partial charge is 0.271 e. The number of nitrogens with zero attached hydrogens (tertiary/aromatic N) is 3. The van der Waals surface area contributed by atoms with Crippen LogP contribution < -0.4 is 19.6 Å². The molecule has 0 saturated heterocycles. The summed E-state index contributed by atoms with van der Waals surface area (Å²) in [6.07, 6.45) is 1.88. The molecule has 2 heterocycles. The second-order valence-electron chi connectivity index (χ2n) is 8.21. The average molecular weight is 476 g/mol. The summed E-state index contributed by atoms with van der Waals surface area (Å²) in [6, 6.07) is 14.9. The molecule has 6 nitrogen and oxygen atoms in total. The number of carbonyl (C=O) groups excluding carboxylic acids is 1. The minimum Gasteiger partial charge on any atom is -0.496 e. The van der Waals surface area contributed by atoms with Crippen LogP contribution in [0.1, 0.15) is 43.5 Å². The lowest BCUT2D eigenvalue weighted by Gasteiger charge is -2.29. The van der Waals surface area contributed by atoms with Gasteiger partial charge in [-0.1, -0.05) is 59.4 Å². The highest BCUT2D eigenvalue weighted by Gasteiger charge is 2.35. The molecule has 0 radical (unpaired) electrons. The van der Waals surface area contributed by atoms with Crippen molar-refractivity contribution in [2.24, 2.45) is 4.99 Å². The molecule has 0 N–H and O–H groups in total. The largest absolute Gasteiger partial charge is 0.496 e. The van der Waals surface area contributed by atoms with Crippen LogP contribution in [0, 0.1) is 6.92 Å². The van der Waals surface area contributed by atoms with Gasteiger partial charge in [0.05, 0.1) is 22.9 Å². The van der Waals surface area contributed by atoms with Crippen LogP contribution in [0.3, 0.4) is 0 Å². The van der Waals surface area contributed by atoms with Crippen LogP contribution in [0.5, 0.6) is 5.75 Å². The third-order valence-electron chi connectivity index (χ3n) is 6.11. The predicted octanol–water partition coefficient (Wildman–Crippen LogP) is 3.42. The Balaban J connectivity index is 1.99. The monoisotopic (exact) mass is 475 g/mol. The highest BCUT2D eigenvalue weighted by Crippen LogP contribution is 2.35. The molecule has 4 rings (SSSR count). The zero-order chi connectivity index (χ0) is 24.4. The number of fused-ring (bicyclic) bond motifs is 1. The van der Waals surface area contributed by atoms with E-state index >= 15 is 0 Å². The van der Waals surface area contributed by atoms with Crippen LogP contribution in [0.4, 0.5) is 0 Å². The number of rotatable bonds is 6. The first-order chi connectivity index (χ1) is 16.4. The Morgan fingerprint density at radius 1 is 1.12 bits per heavy atom. The standard InChI is InChI=1S/C27H29N3O3S/c1-6-29(7-2)26(32)23-18(4)28-27-30(24(23)20-10-8-9-11-21(20)33-5)25(31)22(34-27)16-19-14-12-17(3)13-15-19/h8-16,24H,6-7H2,1-5H3/b22-16+/t24-/m1/s1. The van der Waals surface area contributed by atoms with Gasteiger partial charge in [0.25, 0.3) is 11.5 Å². The summed E-state index contributed by atoms with van der Waals surface area (Å²) in [5.74, 6) is 0.509. The Morgan fingerprint density at radius 3 is 2.44 bits per heavy atom. The molecule has 1 atom stereocenters. The maximum absolute atomic E-state index is 13.7. The summed E-state index contributed by atoms with van der Waals surface area (Å²) < 4.78 is 7.87. The SMILES string of the molecule is CCN(CC)C(=O)C1=C(C)N=c2s/c(=C/c3ccc(C)cc3)c(=O)n2[C@@H]1c1ccccc1OC. The van der Waals surface area contributed by atoms with E-state index < -0.39 is 6.04 Å². The quantitative estimate of drug-likeness (QED) is 0.549. The fraction of sp³-hybridized carbons (Fsp3) is 0.296. The minimum absolute atomic E-state index is 0.116. The van der Waals surface area contributed by atoms with Crippen molar-refractivity contribution in [3.63, 3.8) is 0 Å². The highest BCUT2D eigenvalue weighted by atomic mass is 32.1.